The van der Waals surface area contributed by atoms with E-state index in [9.17, 15) is 13.2 Å². The highest BCUT2D eigenvalue weighted by atomic mass is 32.2. The Labute approximate surface area is 165 Å². The molecule has 0 saturated heterocycles. The van der Waals surface area contributed by atoms with Crippen molar-refractivity contribution in [2.24, 2.45) is 0 Å². The van der Waals surface area contributed by atoms with Crippen molar-refractivity contribution in [3.8, 4) is 0 Å². The maximum atomic E-state index is 12.6. The number of hydrogen-bond donors (Lipinski definition) is 2. The second kappa shape index (κ2) is 8.82. The molecule has 6 heteroatoms. The molecular weight excluding hydrogens is 372 g/mol. The Morgan fingerprint density at radius 1 is 0.821 bits per heavy atom. The van der Waals surface area contributed by atoms with Gasteiger partial charge in [-0.05, 0) is 42.4 Å². The molecule has 0 radical (unpaired) electrons. The lowest BCUT2D eigenvalue weighted by atomic mass is 9.91. The number of amides is 1. The SMILES string of the molecule is CNS(=O)(=O)c1ccc(C(=O)NCC(c2ccccc2)c2ccccc2)cc1. The summed E-state index contributed by atoms with van der Waals surface area (Å²) in [5, 5.41) is 2.96. The first-order valence-electron chi connectivity index (χ1n) is 8.93. The van der Waals surface area contributed by atoms with Gasteiger partial charge >= 0.3 is 0 Å². The summed E-state index contributed by atoms with van der Waals surface area (Å²) in [5.41, 5.74) is 2.64. The summed E-state index contributed by atoms with van der Waals surface area (Å²) in [4.78, 5) is 12.7. The molecule has 0 bridgehead atoms. The summed E-state index contributed by atoms with van der Waals surface area (Å²) in [6.07, 6.45) is 0. The maximum Gasteiger partial charge on any atom is 0.251 e. The Hall–Kier alpha value is -2.96. The lowest BCUT2D eigenvalue weighted by Gasteiger charge is -2.19. The molecule has 5 nitrogen and oxygen atoms in total. The molecule has 2 N–H and O–H groups in total. The fourth-order valence-electron chi connectivity index (χ4n) is 3.00. The number of sulfonamides is 1. The molecule has 0 spiro atoms. The first kappa shape index (κ1) is 19.8. The van der Waals surface area contributed by atoms with E-state index >= 15 is 0 Å². The smallest absolute Gasteiger partial charge is 0.251 e. The van der Waals surface area contributed by atoms with Crippen LogP contribution in [-0.2, 0) is 10.0 Å². The fourth-order valence-corrected chi connectivity index (χ4v) is 3.73. The molecule has 0 unspecified atom stereocenters. The van der Waals surface area contributed by atoms with Crippen LogP contribution in [0.15, 0.2) is 89.8 Å². The first-order valence-corrected chi connectivity index (χ1v) is 10.4. The van der Waals surface area contributed by atoms with Gasteiger partial charge in [0.25, 0.3) is 5.91 Å². The average molecular weight is 394 g/mol. The van der Waals surface area contributed by atoms with E-state index < -0.39 is 10.0 Å². The van der Waals surface area contributed by atoms with Gasteiger partial charge in [0.05, 0.1) is 4.90 Å². The van der Waals surface area contributed by atoms with Crippen LogP contribution < -0.4 is 10.0 Å². The quantitative estimate of drug-likeness (QED) is 0.646. The summed E-state index contributed by atoms with van der Waals surface area (Å²) >= 11 is 0. The van der Waals surface area contributed by atoms with Crippen LogP contribution in [0.4, 0.5) is 0 Å². The molecule has 0 aliphatic rings. The van der Waals surface area contributed by atoms with Crippen molar-refractivity contribution in [3.05, 3.63) is 102 Å². The van der Waals surface area contributed by atoms with Gasteiger partial charge in [-0.1, -0.05) is 60.7 Å². The third-order valence-corrected chi connectivity index (χ3v) is 6.00. The predicted molar refractivity (Wildman–Crippen MR) is 110 cm³/mol. The minimum absolute atomic E-state index is 0.0234. The highest BCUT2D eigenvalue weighted by Gasteiger charge is 2.17. The molecule has 0 heterocycles. The third-order valence-electron chi connectivity index (χ3n) is 4.57. The molecule has 3 aromatic rings. The molecule has 3 aromatic carbocycles. The molecule has 0 atom stereocenters. The fraction of sp³-hybridized carbons (Fsp3) is 0.136. The number of hydrogen-bond acceptors (Lipinski definition) is 3. The minimum atomic E-state index is -3.52. The number of carbonyl (C=O) groups excluding carboxylic acids is 1. The van der Waals surface area contributed by atoms with E-state index in [1.165, 1.54) is 31.3 Å². The Morgan fingerprint density at radius 2 is 1.32 bits per heavy atom. The van der Waals surface area contributed by atoms with E-state index in [0.29, 0.717) is 12.1 Å². The monoisotopic (exact) mass is 394 g/mol. The summed E-state index contributed by atoms with van der Waals surface area (Å²) in [7, 11) is -2.17. The maximum absolute atomic E-state index is 12.6. The van der Waals surface area contributed by atoms with Crippen molar-refractivity contribution in [1.82, 2.24) is 10.0 Å². The van der Waals surface area contributed by atoms with E-state index in [1.807, 2.05) is 60.7 Å². The topological polar surface area (TPSA) is 75.3 Å². The molecule has 0 fully saturated rings. The minimum Gasteiger partial charge on any atom is -0.351 e. The Kier molecular flexibility index (Phi) is 6.23. The molecule has 28 heavy (non-hydrogen) atoms. The van der Waals surface area contributed by atoms with Crippen LogP contribution in [0.5, 0.6) is 0 Å². The van der Waals surface area contributed by atoms with Gasteiger partial charge in [-0.15, -0.1) is 0 Å². The van der Waals surface area contributed by atoms with Gasteiger partial charge in [-0.3, -0.25) is 4.79 Å². The summed E-state index contributed by atoms with van der Waals surface area (Å²) < 4.78 is 25.9. The Balaban J connectivity index is 1.75. The first-order chi connectivity index (χ1) is 13.5. The van der Waals surface area contributed by atoms with Crippen molar-refractivity contribution in [2.45, 2.75) is 10.8 Å². The molecule has 3 rings (SSSR count). The molecular formula is C22H22N2O3S. The van der Waals surface area contributed by atoms with Crippen molar-refractivity contribution in [3.63, 3.8) is 0 Å². The van der Waals surface area contributed by atoms with Gasteiger partial charge in [0.2, 0.25) is 10.0 Å². The van der Waals surface area contributed by atoms with Crippen molar-refractivity contribution < 1.29 is 13.2 Å². The van der Waals surface area contributed by atoms with E-state index in [0.717, 1.165) is 11.1 Å². The largest absolute Gasteiger partial charge is 0.351 e. The van der Waals surface area contributed by atoms with Crippen LogP contribution in [0.25, 0.3) is 0 Å². The van der Waals surface area contributed by atoms with Crippen molar-refractivity contribution in [1.29, 1.82) is 0 Å². The van der Waals surface area contributed by atoms with Gasteiger partial charge in [0, 0.05) is 18.0 Å². The zero-order valence-electron chi connectivity index (χ0n) is 15.5. The normalized spacial score (nSPS) is 11.4. The van der Waals surface area contributed by atoms with Crippen LogP contribution in [0.1, 0.15) is 27.4 Å². The van der Waals surface area contributed by atoms with Gasteiger partial charge < -0.3 is 5.32 Å². The van der Waals surface area contributed by atoms with Gasteiger partial charge in [0.1, 0.15) is 0 Å². The van der Waals surface area contributed by atoms with E-state index in [2.05, 4.69) is 10.0 Å². The standard InChI is InChI=1S/C22H22N2O3S/c1-23-28(26,27)20-14-12-19(13-15-20)22(25)24-16-21(17-8-4-2-5-9-17)18-10-6-3-7-11-18/h2-15,21,23H,16H2,1H3,(H,24,25). The van der Waals surface area contributed by atoms with E-state index in [4.69, 9.17) is 0 Å². The van der Waals surface area contributed by atoms with Crippen LogP contribution in [0.2, 0.25) is 0 Å². The van der Waals surface area contributed by atoms with Crippen LogP contribution in [-0.4, -0.2) is 27.9 Å². The van der Waals surface area contributed by atoms with E-state index in [-0.39, 0.29) is 16.7 Å². The lowest BCUT2D eigenvalue weighted by molar-refractivity contribution is 0.0952. The summed E-state index contributed by atoms with van der Waals surface area (Å²) in [5.74, 6) is -0.222. The highest BCUT2D eigenvalue weighted by Crippen LogP contribution is 2.23. The van der Waals surface area contributed by atoms with Crippen LogP contribution in [0, 0.1) is 0 Å². The Morgan fingerprint density at radius 3 is 1.79 bits per heavy atom. The number of carbonyl (C=O) groups is 1. The van der Waals surface area contributed by atoms with Crippen molar-refractivity contribution in [2.75, 3.05) is 13.6 Å². The molecule has 1 amide bonds. The lowest BCUT2D eigenvalue weighted by Crippen LogP contribution is -2.29. The van der Waals surface area contributed by atoms with Gasteiger partial charge in [-0.2, -0.15) is 0 Å². The second-order valence-corrected chi connectivity index (χ2v) is 8.20. The summed E-state index contributed by atoms with van der Waals surface area (Å²) in [6, 6.07) is 25.9. The highest BCUT2D eigenvalue weighted by molar-refractivity contribution is 7.89. The third kappa shape index (κ3) is 4.65. The molecule has 144 valence electrons. The van der Waals surface area contributed by atoms with E-state index in [1.54, 1.807) is 0 Å². The van der Waals surface area contributed by atoms with Crippen molar-refractivity contribution >= 4 is 15.9 Å². The Bertz CT molecular complexity index is 979. The predicted octanol–water partition coefficient (Wildman–Crippen LogP) is 3.16. The number of nitrogens with one attached hydrogen (secondary N) is 2. The van der Waals surface area contributed by atoms with Gasteiger partial charge in [0.15, 0.2) is 0 Å². The number of rotatable bonds is 7. The second-order valence-electron chi connectivity index (χ2n) is 6.32. The zero-order chi connectivity index (χ0) is 20.0. The van der Waals surface area contributed by atoms with Gasteiger partial charge in [-0.25, -0.2) is 13.1 Å². The molecule has 0 aliphatic carbocycles. The molecule has 0 aromatic heterocycles. The zero-order valence-corrected chi connectivity index (χ0v) is 16.3. The molecule has 0 saturated carbocycles. The summed E-state index contributed by atoms with van der Waals surface area (Å²) in [6.45, 7) is 0.434. The molecule has 0 aliphatic heterocycles. The van der Waals surface area contributed by atoms with Crippen LogP contribution in [0.3, 0.4) is 0 Å². The number of benzene rings is 3. The average Bonchev–Trinajstić information content (AvgIpc) is 2.75. The van der Waals surface area contributed by atoms with Crippen LogP contribution >= 0.6 is 0 Å².